The van der Waals surface area contributed by atoms with Gasteiger partial charge in [-0.3, -0.25) is 13.9 Å². The second-order valence-corrected chi connectivity index (χ2v) is 14.5. The van der Waals surface area contributed by atoms with Gasteiger partial charge in [0.2, 0.25) is 11.8 Å². The first-order valence-corrected chi connectivity index (χ1v) is 17.9. The van der Waals surface area contributed by atoms with Crippen LogP contribution < -0.4 is 9.62 Å². The fourth-order valence-electron chi connectivity index (χ4n) is 6.21. The molecule has 1 aliphatic rings. The smallest absolute Gasteiger partial charge is 0.264 e. The Bertz CT molecular complexity index is 1750. The number of carbonyl (C=O) groups is 2. The van der Waals surface area contributed by atoms with Gasteiger partial charge in [0.15, 0.2) is 0 Å². The van der Waals surface area contributed by atoms with E-state index in [-0.39, 0.29) is 23.4 Å². The Kier molecular flexibility index (Phi) is 11.1. The molecule has 1 atom stereocenters. The average molecular weight is 652 g/mol. The summed E-state index contributed by atoms with van der Waals surface area (Å²) >= 11 is 0. The first-order chi connectivity index (χ1) is 22.6. The normalized spacial score (nSPS) is 14.3. The lowest BCUT2D eigenvalue weighted by atomic mass is 9.94. The van der Waals surface area contributed by atoms with Gasteiger partial charge in [0.05, 0.1) is 10.6 Å². The van der Waals surface area contributed by atoms with E-state index in [2.05, 4.69) is 5.32 Å². The van der Waals surface area contributed by atoms with Crippen molar-refractivity contribution in [1.82, 2.24) is 10.2 Å². The molecule has 0 saturated heterocycles. The lowest BCUT2D eigenvalue weighted by molar-refractivity contribution is -0.140. The Balaban J connectivity index is 1.58. The molecule has 1 N–H and O–H groups in total. The van der Waals surface area contributed by atoms with Crippen molar-refractivity contribution in [2.45, 2.75) is 82.8 Å². The van der Waals surface area contributed by atoms with E-state index in [4.69, 9.17) is 0 Å². The zero-order chi connectivity index (χ0) is 33.4. The highest BCUT2D eigenvalue weighted by atomic mass is 32.2. The summed E-state index contributed by atoms with van der Waals surface area (Å²) in [6, 6.07) is 30.5. The monoisotopic (exact) mass is 651 g/mol. The quantitative estimate of drug-likeness (QED) is 0.181. The Hall–Kier alpha value is -4.43. The summed E-state index contributed by atoms with van der Waals surface area (Å²) in [5.74, 6) is -0.670. The molecule has 5 rings (SSSR count). The molecule has 0 aliphatic heterocycles. The lowest BCUT2D eigenvalue weighted by Crippen LogP contribution is -2.55. The van der Waals surface area contributed by atoms with Crippen LogP contribution in [0.15, 0.2) is 108 Å². The molecule has 7 nitrogen and oxygen atoms in total. The molecule has 246 valence electrons. The molecule has 0 aromatic heterocycles. The first kappa shape index (κ1) is 33.9. The van der Waals surface area contributed by atoms with Crippen molar-refractivity contribution >= 4 is 27.5 Å². The number of carbonyl (C=O) groups excluding carboxylic acids is 2. The van der Waals surface area contributed by atoms with Crippen LogP contribution >= 0.6 is 0 Å². The molecular formula is C39H45N3O4S. The van der Waals surface area contributed by atoms with Crippen molar-refractivity contribution in [2.75, 3.05) is 10.8 Å². The maximum atomic E-state index is 14.7. The SMILES string of the molecule is Cc1ccc(CN(C(=O)CN(c2cc(C)ccc2C)S(=O)(=O)c2ccccc2)[C@@H](Cc2ccccc2)C(=O)NC2CCCCC2)cc1. The number of amides is 2. The van der Waals surface area contributed by atoms with Crippen molar-refractivity contribution in [3.8, 4) is 0 Å². The highest BCUT2D eigenvalue weighted by Gasteiger charge is 2.35. The van der Waals surface area contributed by atoms with Gasteiger partial charge in [0.25, 0.3) is 10.0 Å². The maximum Gasteiger partial charge on any atom is 0.264 e. The van der Waals surface area contributed by atoms with E-state index in [9.17, 15) is 18.0 Å². The van der Waals surface area contributed by atoms with Gasteiger partial charge in [0, 0.05) is 19.0 Å². The molecule has 4 aromatic carbocycles. The van der Waals surface area contributed by atoms with Crippen LogP contribution in [0.4, 0.5) is 5.69 Å². The Morgan fingerprint density at radius 2 is 1.38 bits per heavy atom. The average Bonchev–Trinajstić information content (AvgIpc) is 3.08. The van der Waals surface area contributed by atoms with Crippen molar-refractivity contribution in [2.24, 2.45) is 0 Å². The van der Waals surface area contributed by atoms with Crippen LogP contribution in [-0.2, 0) is 32.6 Å². The highest BCUT2D eigenvalue weighted by Crippen LogP contribution is 2.29. The molecule has 0 heterocycles. The Morgan fingerprint density at radius 1 is 0.766 bits per heavy atom. The summed E-state index contributed by atoms with van der Waals surface area (Å²) in [5, 5.41) is 3.26. The van der Waals surface area contributed by atoms with E-state index >= 15 is 0 Å². The van der Waals surface area contributed by atoms with Gasteiger partial charge in [-0.05, 0) is 74.1 Å². The predicted octanol–water partition coefficient (Wildman–Crippen LogP) is 6.90. The third-order valence-electron chi connectivity index (χ3n) is 8.94. The van der Waals surface area contributed by atoms with Gasteiger partial charge in [-0.25, -0.2) is 8.42 Å². The van der Waals surface area contributed by atoms with Gasteiger partial charge < -0.3 is 10.2 Å². The van der Waals surface area contributed by atoms with Crippen molar-refractivity contribution in [3.05, 3.63) is 131 Å². The van der Waals surface area contributed by atoms with Gasteiger partial charge in [-0.15, -0.1) is 0 Å². The third-order valence-corrected chi connectivity index (χ3v) is 10.7. The predicted molar refractivity (Wildman–Crippen MR) is 188 cm³/mol. The Labute approximate surface area is 279 Å². The minimum atomic E-state index is -4.14. The minimum absolute atomic E-state index is 0.0516. The summed E-state index contributed by atoms with van der Waals surface area (Å²) in [4.78, 5) is 30.7. The number of aryl methyl sites for hydroxylation is 3. The van der Waals surface area contributed by atoms with E-state index in [1.807, 2.05) is 87.5 Å². The number of nitrogens with zero attached hydrogens (tertiary/aromatic N) is 2. The second-order valence-electron chi connectivity index (χ2n) is 12.7. The van der Waals surface area contributed by atoms with Crippen molar-refractivity contribution in [1.29, 1.82) is 0 Å². The van der Waals surface area contributed by atoms with E-state index in [1.165, 1.54) is 16.4 Å². The summed E-state index contributed by atoms with van der Waals surface area (Å²) < 4.78 is 29.8. The molecule has 1 aliphatic carbocycles. The van der Waals surface area contributed by atoms with Crippen LogP contribution in [-0.4, -0.2) is 43.8 Å². The number of nitrogens with one attached hydrogen (secondary N) is 1. The van der Waals surface area contributed by atoms with Crippen molar-refractivity contribution in [3.63, 3.8) is 0 Å². The molecule has 8 heteroatoms. The van der Waals surface area contributed by atoms with E-state index in [0.29, 0.717) is 12.1 Å². The zero-order valence-electron chi connectivity index (χ0n) is 27.6. The molecule has 0 unspecified atom stereocenters. The zero-order valence-corrected chi connectivity index (χ0v) is 28.4. The molecule has 1 fully saturated rings. The largest absolute Gasteiger partial charge is 0.352 e. The fourth-order valence-corrected chi connectivity index (χ4v) is 7.70. The number of hydrogen-bond acceptors (Lipinski definition) is 4. The van der Waals surface area contributed by atoms with Gasteiger partial charge in [0.1, 0.15) is 12.6 Å². The third kappa shape index (κ3) is 8.69. The topological polar surface area (TPSA) is 86.8 Å². The standard InChI is InChI=1S/C39H45N3O4S/c1-29-20-23-33(24-21-29)27-41(37(26-32-13-7-4-8-14-32)39(44)40-34-15-9-5-10-16-34)38(43)28-42(36-25-30(2)19-22-31(36)3)47(45,46)35-17-11-6-12-18-35/h4,6-8,11-14,17-25,34,37H,5,9-10,15-16,26-28H2,1-3H3,(H,40,44)/t37-/m0/s1. The van der Waals surface area contributed by atoms with Crippen LogP contribution in [0.1, 0.15) is 59.9 Å². The molecule has 2 amide bonds. The van der Waals surface area contributed by atoms with E-state index < -0.39 is 28.5 Å². The number of hydrogen-bond donors (Lipinski definition) is 1. The van der Waals surface area contributed by atoms with Crippen LogP contribution in [0.2, 0.25) is 0 Å². The van der Waals surface area contributed by atoms with Crippen LogP contribution in [0.3, 0.4) is 0 Å². The molecule has 0 radical (unpaired) electrons. The van der Waals surface area contributed by atoms with E-state index in [0.717, 1.165) is 59.9 Å². The Morgan fingerprint density at radius 3 is 2.04 bits per heavy atom. The maximum absolute atomic E-state index is 14.7. The lowest BCUT2D eigenvalue weighted by Gasteiger charge is -2.35. The minimum Gasteiger partial charge on any atom is -0.352 e. The van der Waals surface area contributed by atoms with Crippen LogP contribution in [0, 0.1) is 20.8 Å². The molecule has 47 heavy (non-hydrogen) atoms. The highest BCUT2D eigenvalue weighted by molar-refractivity contribution is 7.92. The fraction of sp³-hybridized carbons (Fsp3) is 0.333. The molecule has 1 saturated carbocycles. The van der Waals surface area contributed by atoms with E-state index in [1.54, 1.807) is 29.2 Å². The summed E-state index contributed by atoms with van der Waals surface area (Å²) in [6.45, 7) is 5.43. The molecule has 4 aromatic rings. The summed E-state index contributed by atoms with van der Waals surface area (Å²) in [5.41, 5.74) is 4.89. The number of benzene rings is 4. The molecular weight excluding hydrogens is 607 g/mol. The summed E-state index contributed by atoms with van der Waals surface area (Å²) in [6.07, 6.45) is 5.38. The van der Waals surface area contributed by atoms with Crippen LogP contribution in [0.5, 0.6) is 0 Å². The number of anilines is 1. The summed E-state index contributed by atoms with van der Waals surface area (Å²) in [7, 11) is -4.14. The molecule has 0 bridgehead atoms. The molecule has 0 spiro atoms. The van der Waals surface area contributed by atoms with Gasteiger partial charge in [-0.2, -0.15) is 0 Å². The van der Waals surface area contributed by atoms with Crippen molar-refractivity contribution < 1.29 is 18.0 Å². The van der Waals surface area contributed by atoms with Gasteiger partial charge in [-0.1, -0.05) is 110 Å². The second kappa shape index (κ2) is 15.4. The first-order valence-electron chi connectivity index (χ1n) is 16.5. The number of rotatable bonds is 12. The number of sulfonamides is 1. The van der Waals surface area contributed by atoms with Crippen LogP contribution in [0.25, 0.3) is 0 Å². The van der Waals surface area contributed by atoms with Gasteiger partial charge >= 0.3 is 0 Å².